The average Bonchev–Trinajstić information content (AvgIpc) is 2.46. The van der Waals surface area contributed by atoms with Crippen molar-refractivity contribution in [1.29, 1.82) is 0 Å². The van der Waals surface area contributed by atoms with Crippen LogP contribution in [0.1, 0.15) is 0 Å². The first-order valence-corrected chi connectivity index (χ1v) is 8.21. The van der Waals surface area contributed by atoms with E-state index < -0.39 is 10.0 Å². The molecular formula is C13H19ClN2O5S. The van der Waals surface area contributed by atoms with E-state index in [0.717, 1.165) is 4.31 Å². The number of benzene rings is 1. The molecule has 7 nitrogen and oxygen atoms in total. The second kappa shape index (κ2) is 8.33. The quantitative estimate of drug-likeness (QED) is 0.699. The first-order valence-electron chi connectivity index (χ1n) is 6.39. The molecule has 1 rings (SSSR count). The summed E-state index contributed by atoms with van der Waals surface area (Å²) in [6.07, 6.45) is 0. The minimum atomic E-state index is -3.56. The summed E-state index contributed by atoms with van der Waals surface area (Å²) in [6, 6.07) is 4.08. The molecule has 9 heteroatoms. The number of sulfonamides is 1. The Bertz CT molecular complexity index is 619. The van der Waals surface area contributed by atoms with Crippen LogP contribution < -0.4 is 10.1 Å². The largest absolute Gasteiger partial charge is 0.482 e. The number of carbonyl (C=O) groups is 1. The van der Waals surface area contributed by atoms with Crippen LogP contribution in [0.2, 0.25) is 5.02 Å². The summed E-state index contributed by atoms with van der Waals surface area (Å²) >= 11 is 5.99. The van der Waals surface area contributed by atoms with Crippen LogP contribution in [0.15, 0.2) is 23.1 Å². The van der Waals surface area contributed by atoms with Crippen LogP contribution in [0.3, 0.4) is 0 Å². The van der Waals surface area contributed by atoms with Gasteiger partial charge in [-0.2, -0.15) is 0 Å². The Morgan fingerprint density at radius 3 is 2.59 bits per heavy atom. The number of halogens is 1. The highest BCUT2D eigenvalue weighted by atomic mass is 35.5. The molecule has 1 aromatic carbocycles. The number of ether oxygens (including phenoxy) is 2. The predicted octanol–water partition coefficient (Wildman–Crippen LogP) is 0.732. The van der Waals surface area contributed by atoms with Gasteiger partial charge in [-0.05, 0) is 18.2 Å². The standard InChI is InChI=1S/C13H19ClN2O5S/c1-16(2)22(18,19)10-4-5-12(11(14)8-10)21-9-13(17)15-6-7-20-3/h4-5,8H,6-7,9H2,1-3H3,(H,15,17). The van der Waals surface area contributed by atoms with Gasteiger partial charge in [0.15, 0.2) is 6.61 Å². The lowest BCUT2D eigenvalue weighted by atomic mass is 10.3. The van der Waals surface area contributed by atoms with E-state index in [-0.39, 0.29) is 28.2 Å². The van der Waals surface area contributed by atoms with Gasteiger partial charge in [-0.1, -0.05) is 11.6 Å². The smallest absolute Gasteiger partial charge is 0.258 e. The summed E-state index contributed by atoms with van der Waals surface area (Å²) < 4.78 is 35.1. The first-order chi connectivity index (χ1) is 10.3. The molecule has 0 fully saturated rings. The molecule has 0 aliphatic heterocycles. The lowest BCUT2D eigenvalue weighted by Gasteiger charge is -2.13. The molecule has 1 N–H and O–H groups in total. The van der Waals surface area contributed by atoms with E-state index in [0.29, 0.717) is 13.2 Å². The van der Waals surface area contributed by atoms with Gasteiger partial charge in [0, 0.05) is 27.7 Å². The van der Waals surface area contributed by atoms with Crippen LogP contribution in [0.5, 0.6) is 5.75 Å². The molecule has 0 heterocycles. The fraction of sp³-hybridized carbons (Fsp3) is 0.462. The maximum Gasteiger partial charge on any atom is 0.258 e. The van der Waals surface area contributed by atoms with E-state index in [2.05, 4.69) is 5.32 Å². The first kappa shape index (κ1) is 18.7. The zero-order valence-electron chi connectivity index (χ0n) is 12.6. The van der Waals surface area contributed by atoms with Crippen LogP contribution in [-0.4, -0.2) is 59.6 Å². The van der Waals surface area contributed by atoms with E-state index in [4.69, 9.17) is 21.1 Å². The molecule has 1 amide bonds. The fourth-order valence-electron chi connectivity index (χ4n) is 1.46. The molecule has 22 heavy (non-hydrogen) atoms. The SMILES string of the molecule is COCCNC(=O)COc1ccc(S(=O)(=O)N(C)C)cc1Cl. The zero-order valence-corrected chi connectivity index (χ0v) is 14.2. The third-order valence-corrected chi connectivity index (χ3v) is 4.78. The summed E-state index contributed by atoms with van der Waals surface area (Å²) in [7, 11) is 0.828. The number of nitrogens with one attached hydrogen (secondary N) is 1. The lowest BCUT2D eigenvalue weighted by molar-refractivity contribution is -0.123. The predicted molar refractivity (Wildman–Crippen MR) is 82.7 cm³/mol. The van der Waals surface area contributed by atoms with Crippen molar-refractivity contribution in [3.8, 4) is 5.75 Å². The Kier molecular flexibility index (Phi) is 7.08. The maximum absolute atomic E-state index is 12.0. The number of methoxy groups -OCH3 is 1. The number of rotatable bonds is 8. The Morgan fingerprint density at radius 1 is 1.36 bits per heavy atom. The van der Waals surface area contributed by atoms with Crippen LogP contribution in [0, 0.1) is 0 Å². The van der Waals surface area contributed by atoms with Gasteiger partial charge in [-0.25, -0.2) is 12.7 Å². The Hall–Kier alpha value is -1.35. The van der Waals surface area contributed by atoms with Crippen LogP contribution in [0.25, 0.3) is 0 Å². The number of carbonyl (C=O) groups excluding carboxylic acids is 1. The van der Waals surface area contributed by atoms with Crippen molar-refractivity contribution in [2.24, 2.45) is 0 Å². The third-order valence-electron chi connectivity index (χ3n) is 2.67. The highest BCUT2D eigenvalue weighted by Gasteiger charge is 2.18. The average molecular weight is 351 g/mol. The number of hydrogen-bond donors (Lipinski definition) is 1. The van der Waals surface area contributed by atoms with Gasteiger partial charge >= 0.3 is 0 Å². The van der Waals surface area contributed by atoms with Gasteiger partial charge in [0.1, 0.15) is 5.75 Å². The van der Waals surface area contributed by atoms with Gasteiger partial charge in [0.2, 0.25) is 10.0 Å². The normalized spacial score (nSPS) is 11.5. The van der Waals surface area contributed by atoms with Gasteiger partial charge in [0.05, 0.1) is 16.5 Å². The zero-order chi connectivity index (χ0) is 16.8. The van der Waals surface area contributed by atoms with Crippen molar-refractivity contribution < 1.29 is 22.7 Å². The molecule has 0 saturated heterocycles. The topological polar surface area (TPSA) is 84.9 Å². The molecule has 0 atom stereocenters. The minimum absolute atomic E-state index is 0.0550. The number of nitrogens with zero attached hydrogens (tertiary/aromatic N) is 1. The van der Waals surface area contributed by atoms with Crippen LogP contribution >= 0.6 is 11.6 Å². The Balaban J connectivity index is 2.69. The van der Waals surface area contributed by atoms with E-state index in [1.807, 2.05) is 0 Å². The highest BCUT2D eigenvalue weighted by molar-refractivity contribution is 7.89. The Morgan fingerprint density at radius 2 is 2.05 bits per heavy atom. The van der Waals surface area contributed by atoms with Gasteiger partial charge < -0.3 is 14.8 Å². The molecule has 0 aliphatic carbocycles. The van der Waals surface area contributed by atoms with Crippen molar-refractivity contribution in [3.63, 3.8) is 0 Å². The molecule has 0 unspecified atom stereocenters. The molecule has 124 valence electrons. The Labute approximate surface area is 135 Å². The molecule has 0 radical (unpaired) electrons. The maximum atomic E-state index is 12.0. The molecule has 0 aromatic heterocycles. The second-order valence-electron chi connectivity index (χ2n) is 4.51. The summed E-state index contributed by atoms with van der Waals surface area (Å²) in [5, 5.41) is 2.71. The van der Waals surface area contributed by atoms with E-state index in [1.165, 1.54) is 39.4 Å². The van der Waals surface area contributed by atoms with Gasteiger partial charge in [-0.15, -0.1) is 0 Å². The molecule has 0 spiro atoms. The summed E-state index contributed by atoms with van der Waals surface area (Å²) in [4.78, 5) is 11.5. The fourth-order valence-corrected chi connectivity index (χ4v) is 2.68. The van der Waals surface area contributed by atoms with E-state index >= 15 is 0 Å². The second-order valence-corrected chi connectivity index (χ2v) is 7.07. The van der Waals surface area contributed by atoms with Crippen LogP contribution in [0.4, 0.5) is 0 Å². The van der Waals surface area contributed by atoms with Crippen molar-refractivity contribution in [1.82, 2.24) is 9.62 Å². The van der Waals surface area contributed by atoms with E-state index in [9.17, 15) is 13.2 Å². The van der Waals surface area contributed by atoms with Crippen molar-refractivity contribution >= 4 is 27.5 Å². The van der Waals surface area contributed by atoms with Gasteiger partial charge in [0.25, 0.3) is 5.91 Å². The van der Waals surface area contributed by atoms with Crippen molar-refractivity contribution in [3.05, 3.63) is 23.2 Å². The van der Waals surface area contributed by atoms with Crippen LogP contribution in [-0.2, 0) is 19.6 Å². The van der Waals surface area contributed by atoms with Gasteiger partial charge in [-0.3, -0.25) is 4.79 Å². The number of hydrogen-bond acceptors (Lipinski definition) is 5. The highest BCUT2D eigenvalue weighted by Crippen LogP contribution is 2.28. The number of amides is 1. The molecular weight excluding hydrogens is 332 g/mol. The molecule has 0 saturated carbocycles. The van der Waals surface area contributed by atoms with Crippen molar-refractivity contribution in [2.45, 2.75) is 4.90 Å². The summed E-state index contributed by atoms with van der Waals surface area (Å²) in [5.74, 6) is -0.0839. The third kappa shape index (κ3) is 5.13. The summed E-state index contributed by atoms with van der Waals surface area (Å²) in [6.45, 7) is 0.569. The van der Waals surface area contributed by atoms with E-state index in [1.54, 1.807) is 0 Å². The minimum Gasteiger partial charge on any atom is -0.482 e. The monoisotopic (exact) mass is 350 g/mol. The molecule has 0 aliphatic rings. The lowest BCUT2D eigenvalue weighted by Crippen LogP contribution is -2.31. The molecule has 0 bridgehead atoms. The molecule has 1 aromatic rings. The van der Waals surface area contributed by atoms with Crippen molar-refractivity contribution in [2.75, 3.05) is 41.0 Å². The summed E-state index contributed by atoms with van der Waals surface area (Å²) in [5.41, 5.74) is 0.